The number of H-pyrrole nitrogens is 4. The lowest BCUT2D eigenvalue weighted by atomic mass is 9.92. The Bertz CT molecular complexity index is 2180. The predicted molar refractivity (Wildman–Crippen MR) is 219 cm³/mol. The van der Waals surface area contributed by atoms with E-state index in [0.29, 0.717) is 0 Å². The minimum atomic E-state index is -0.145. The molecule has 280 valence electrons. The van der Waals surface area contributed by atoms with Gasteiger partial charge in [-0.1, -0.05) is 48.5 Å². The molecule has 0 saturated heterocycles. The molecule has 0 saturated carbocycles. The first-order valence-electron chi connectivity index (χ1n) is 18.8. The molecule has 0 atom stereocenters. The van der Waals surface area contributed by atoms with Crippen LogP contribution in [0.4, 0.5) is 0 Å². The van der Waals surface area contributed by atoms with E-state index in [1.165, 1.54) is 0 Å². The van der Waals surface area contributed by atoms with Crippen molar-refractivity contribution in [3.8, 4) is 23.0 Å². The van der Waals surface area contributed by atoms with Gasteiger partial charge in [-0.2, -0.15) is 0 Å². The lowest BCUT2D eigenvalue weighted by molar-refractivity contribution is 0.414. The van der Waals surface area contributed by atoms with Gasteiger partial charge in [-0.3, -0.25) is 0 Å². The molecule has 1 aliphatic heterocycles. The third kappa shape index (κ3) is 6.43. The summed E-state index contributed by atoms with van der Waals surface area (Å²) in [6.45, 7) is 0. The fraction of sp³-hybridized carbons (Fsp3) is 0.167. The van der Waals surface area contributed by atoms with Crippen molar-refractivity contribution in [3.05, 3.63) is 213 Å². The van der Waals surface area contributed by atoms with Crippen LogP contribution >= 0.6 is 0 Å². The van der Waals surface area contributed by atoms with Gasteiger partial charge in [-0.15, -0.1) is 0 Å². The topological polar surface area (TPSA) is 100 Å². The molecular weight excluding hydrogens is 697 g/mol. The highest BCUT2D eigenvalue weighted by atomic mass is 16.5. The number of benzene rings is 4. The fourth-order valence-electron chi connectivity index (χ4n) is 8.46. The second-order valence-corrected chi connectivity index (χ2v) is 14.3. The summed E-state index contributed by atoms with van der Waals surface area (Å²) < 4.78 is 22.9. The van der Waals surface area contributed by atoms with E-state index in [9.17, 15) is 0 Å². The first-order chi connectivity index (χ1) is 27.5. The van der Waals surface area contributed by atoms with Gasteiger partial charge in [0.1, 0.15) is 23.0 Å². The number of fused-ring (bicyclic) bond motifs is 8. The van der Waals surface area contributed by atoms with E-state index in [0.717, 1.165) is 90.8 Å². The van der Waals surface area contributed by atoms with Crippen LogP contribution in [-0.4, -0.2) is 48.4 Å². The van der Waals surface area contributed by atoms with Crippen molar-refractivity contribution < 1.29 is 18.9 Å². The summed E-state index contributed by atoms with van der Waals surface area (Å²) in [6.07, 6.45) is 0. The summed E-state index contributed by atoms with van der Waals surface area (Å²) in [7, 11) is 6.85. The highest BCUT2D eigenvalue weighted by Crippen LogP contribution is 2.42. The fourth-order valence-corrected chi connectivity index (χ4v) is 8.46. The highest BCUT2D eigenvalue weighted by Gasteiger charge is 2.30. The molecule has 1 aliphatic rings. The smallest absolute Gasteiger partial charge is 0.119 e. The number of methoxy groups -OCH3 is 4. The van der Waals surface area contributed by atoms with Crippen molar-refractivity contribution in [1.82, 2.24) is 19.9 Å². The van der Waals surface area contributed by atoms with Gasteiger partial charge in [-0.25, -0.2) is 0 Å². The summed E-state index contributed by atoms with van der Waals surface area (Å²) in [5.41, 5.74) is 12.9. The van der Waals surface area contributed by atoms with E-state index in [2.05, 4.69) is 141 Å². The number of aromatic amines is 4. The Hall–Kier alpha value is -6.80. The highest BCUT2D eigenvalue weighted by molar-refractivity contribution is 5.51. The first-order valence-corrected chi connectivity index (χ1v) is 18.8. The van der Waals surface area contributed by atoms with Crippen LogP contribution in [0.2, 0.25) is 0 Å². The third-order valence-electron chi connectivity index (χ3n) is 11.1. The molecular formula is C48H44N4O4. The maximum Gasteiger partial charge on any atom is 0.119 e. The Kier molecular flexibility index (Phi) is 9.23. The Balaban J connectivity index is 1.30. The number of ether oxygens (including phenoxy) is 4. The van der Waals surface area contributed by atoms with Crippen LogP contribution < -0.4 is 18.9 Å². The maximum atomic E-state index is 5.73. The average Bonchev–Trinajstić information content (AvgIpc) is 4.09. The summed E-state index contributed by atoms with van der Waals surface area (Å²) in [4.78, 5) is 15.7. The molecule has 56 heavy (non-hydrogen) atoms. The van der Waals surface area contributed by atoms with Crippen LogP contribution in [0.5, 0.6) is 23.0 Å². The number of aromatic nitrogens is 4. The van der Waals surface area contributed by atoms with Crippen molar-refractivity contribution in [2.75, 3.05) is 28.4 Å². The van der Waals surface area contributed by atoms with E-state index in [1.54, 1.807) is 28.4 Å². The Morgan fingerprint density at radius 1 is 0.286 bits per heavy atom. The second kappa shape index (κ2) is 14.8. The Morgan fingerprint density at radius 2 is 0.482 bits per heavy atom. The first kappa shape index (κ1) is 34.9. The SMILES string of the molecule is COc1cccc(C2c3ccc([nH]3)C(c3cccc(OC)c3)c3ccc([nH]3)C(c3cccc(OC)c3)c3ccc([nH]3)C(c3cccc(OC)c3)c3ccc2[nH]3)c1. The monoisotopic (exact) mass is 740 g/mol. The van der Waals surface area contributed by atoms with Crippen LogP contribution in [0, 0.1) is 0 Å². The number of hydrogen-bond acceptors (Lipinski definition) is 4. The van der Waals surface area contributed by atoms with Gasteiger partial charge < -0.3 is 38.9 Å². The molecule has 8 nitrogen and oxygen atoms in total. The Morgan fingerprint density at radius 3 is 0.661 bits per heavy atom. The number of nitrogens with one attached hydrogen (secondary N) is 4. The average molecular weight is 741 g/mol. The molecule has 0 fully saturated rings. The van der Waals surface area contributed by atoms with E-state index in [1.807, 2.05) is 24.3 Å². The van der Waals surface area contributed by atoms with Crippen LogP contribution in [-0.2, 0) is 0 Å². The van der Waals surface area contributed by atoms with Crippen molar-refractivity contribution in [2.45, 2.75) is 23.7 Å². The molecule has 5 heterocycles. The minimum Gasteiger partial charge on any atom is -0.497 e. The van der Waals surface area contributed by atoms with Crippen molar-refractivity contribution in [1.29, 1.82) is 0 Å². The molecule has 4 aromatic carbocycles. The molecule has 0 amide bonds. The standard InChI is InChI=1S/C48H44N4O4/c1-53-33-13-5-9-29(25-33)45-37-17-19-39(49-37)46(30-10-6-14-34(26-30)54-2)41-21-23-43(51-41)48(32-12-8-16-36(28-32)56-4)44-24-22-42(52-44)47(40-20-18-38(45)50-40)31-11-7-15-35(27-31)55-3/h5-28,45-52H,1-4H3. The van der Waals surface area contributed by atoms with Gasteiger partial charge in [0, 0.05) is 45.6 Å². The molecule has 0 spiro atoms. The van der Waals surface area contributed by atoms with Crippen molar-refractivity contribution in [3.63, 3.8) is 0 Å². The van der Waals surface area contributed by atoms with Gasteiger partial charge in [-0.05, 0) is 119 Å². The zero-order valence-corrected chi connectivity index (χ0v) is 31.8. The van der Waals surface area contributed by atoms with Gasteiger partial charge in [0.25, 0.3) is 0 Å². The quantitative estimate of drug-likeness (QED) is 0.125. The molecule has 0 unspecified atom stereocenters. The maximum absolute atomic E-state index is 5.73. The number of hydrogen-bond donors (Lipinski definition) is 4. The van der Waals surface area contributed by atoms with E-state index < -0.39 is 0 Å². The number of rotatable bonds is 8. The molecule has 0 aliphatic carbocycles. The predicted octanol–water partition coefficient (Wildman–Crippen LogP) is 10.1. The van der Waals surface area contributed by atoms with Crippen LogP contribution in [0.15, 0.2) is 146 Å². The summed E-state index contributed by atoms with van der Waals surface area (Å²) >= 11 is 0. The van der Waals surface area contributed by atoms with Crippen molar-refractivity contribution in [2.24, 2.45) is 0 Å². The molecule has 8 aromatic rings. The van der Waals surface area contributed by atoms with E-state index in [4.69, 9.17) is 18.9 Å². The van der Waals surface area contributed by atoms with E-state index >= 15 is 0 Å². The van der Waals surface area contributed by atoms with Gasteiger partial charge in [0.2, 0.25) is 0 Å². The van der Waals surface area contributed by atoms with Crippen LogP contribution in [0.1, 0.15) is 91.5 Å². The molecule has 8 bridgehead atoms. The zero-order valence-electron chi connectivity index (χ0n) is 31.8. The molecule has 8 heteroatoms. The van der Waals surface area contributed by atoms with Crippen LogP contribution in [0.3, 0.4) is 0 Å². The van der Waals surface area contributed by atoms with Gasteiger partial charge in [0.05, 0.1) is 52.1 Å². The molecule has 4 aromatic heterocycles. The summed E-state index contributed by atoms with van der Waals surface area (Å²) in [5, 5.41) is 0. The molecule has 0 radical (unpaired) electrons. The zero-order chi connectivity index (χ0) is 38.2. The normalized spacial score (nSPS) is 17.6. The molecule has 4 N–H and O–H groups in total. The van der Waals surface area contributed by atoms with Gasteiger partial charge >= 0.3 is 0 Å². The largest absolute Gasteiger partial charge is 0.497 e. The second-order valence-electron chi connectivity index (χ2n) is 14.3. The minimum absolute atomic E-state index is 0.145. The summed E-state index contributed by atoms with van der Waals surface area (Å²) in [5.74, 6) is 2.64. The third-order valence-corrected chi connectivity index (χ3v) is 11.1. The lowest BCUT2D eigenvalue weighted by Crippen LogP contribution is -2.11. The molecule has 9 rings (SSSR count). The summed E-state index contributed by atoms with van der Waals surface area (Å²) in [6, 6.07) is 51.0. The lowest BCUT2D eigenvalue weighted by Gasteiger charge is -2.21. The van der Waals surface area contributed by atoms with E-state index in [-0.39, 0.29) is 23.7 Å². The van der Waals surface area contributed by atoms with Gasteiger partial charge in [0.15, 0.2) is 0 Å². The Labute approximate surface area is 326 Å². The van der Waals surface area contributed by atoms with Crippen molar-refractivity contribution >= 4 is 0 Å². The van der Waals surface area contributed by atoms with Crippen LogP contribution in [0.25, 0.3) is 0 Å².